The molecule has 0 saturated heterocycles. The molecule has 3 aliphatic rings. The molecule has 1 amide bonds. The van der Waals surface area contributed by atoms with Gasteiger partial charge in [-0.05, 0) is 91.1 Å². The summed E-state index contributed by atoms with van der Waals surface area (Å²) in [6.45, 7) is 18.1. The second kappa shape index (κ2) is 16.1. The van der Waals surface area contributed by atoms with E-state index in [1.165, 1.54) is 56.9 Å². The van der Waals surface area contributed by atoms with Crippen molar-refractivity contribution < 1.29 is 19.1 Å². The largest absolute Gasteiger partial charge is 0.460 e. The summed E-state index contributed by atoms with van der Waals surface area (Å²) in [5.41, 5.74) is 5.24. The van der Waals surface area contributed by atoms with E-state index in [1.54, 1.807) is 5.57 Å². The topological polar surface area (TPSA) is 64.6 Å². The molecule has 0 heterocycles. The van der Waals surface area contributed by atoms with Gasteiger partial charge >= 0.3 is 12.1 Å². The number of esters is 1. The van der Waals surface area contributed by atoms with Crippen LogP contribution in [0.1, 0.15) is 118 Å². The van der Waals surface area contributed by atoms with Crippen LogP contribution in [0.4, 0.5) is 4.79 Å². The number of hydrogen-bond acceptors (Lipinski definition) is 4. The van der Waals surface area contributed by atoms with Gasteiger partial charge in [0.2, 0.25) is 0 Å². The molecule has 1 aromatic carbocycles. The Kier molecular flexibility index (Phi) is 12.6. The molecule has 0 aliphatic heterocycles. The molecule has 0 radical (unpaired) electrons. The van der Waals surface area contributed by atoms with Crippen LogP contribution in [0.2, 0.25) is 0 Å². The number of fused-ring (bicyclic) bond motifs is 1. The fourth-order valence-corrected chi connectivity index (χ4v) is 8.37. The minimum absolute atomic E-state index is 0.131. The summed E-state index contributed by atoms with van der Waals surface area (Å²) in [5.74, 6) is 2.54. The summed E-state index contributed by atoms with van der Waals surface area (Å²) >= 11 is 0. The Bertz CT molecular complexity index is 1210. The Morgan fingerprint density at radius 2 is 1.78 bits per heavy atom. The SMILES string of the molecule is C=C1CC[C@H](OC(=O)[C@@H](NC(=O)OCc2ccccc2)C(C)C)C/C1=C/C=C1\CCC[C@]2(C)[C@@H]([C@H](C)CCCC(C)C)CC[C@@H]12. The van der Waals surface area contributed by atoms with Gasteiger partial charge in [-0.25, -0.2) is 9.59 Å². The highest BCUT2D eigenvalue weighted by Crippen LogP contribution is 2.60. The third-order valence-electron chi connectivity index (χ3n) is 11.0. The van der Waals surface area contributed by atoms with Crippen LogP contribution in [0, 0.1) is 35.0 Å². The first kappa shape index (κ1) is 35.0. The fourth-order valence-electron chi connectivity index (χ4n) is 8.37. The number of hydrogen-bond donors (Lipinski definition) is 1. The summed E-state index contributed by atoms with van der Waals surface area (Å²) < 4.78 is 11.4. The Hall–Kier alpha value is -2.82. The first-order valence-electron chi connectivity index (χ1n) is 17.7. The Labute approximate surface area is 273 Å². The lowest BCUT2D eigenvalue weighted by Crippen LogP contribution is -2.46. The number of carbonyl (C=O) groups excluding carboxylic acids is 2. The second-order valence-electron chi connectivity index (χ2n) is 15.2. The molecule has 0 spiro atoms. The van der Waals surface area contributed by atoms with E-state index in [0.717, 1.165) is 41.7 Å². The zero-order chi connectivity index (χ0) is 32.6. The molecule has 248 valence electrons. The van der Waals surface area contributed by atoms with Crippen molar-refractivity contribution in [2.45, 2.75) is 131 Å². The summed E-state index contributed by atoms with van der Waals surface area (Å²) in [6, 6.07) is 8.74. The van der Waals surface area contributed by atoms with Crippen LogP contribution in [-0.4, -0.2) is 24.2 Å². The van der Waals surface area contributed by atoms with Gasteiger partial charge in [-0.15, -0.1) is 0 Å². The maximum atomic E-state index is 13.3. The summed E-state index contributed by atoms with van der Waals surface area (Å²) in [6.07, 6.45) is 16.6. The van der Waals surface area contributed by atoms with Gasteiger partial charge in [0.05, 0.1) is 0 Å². The zero-order valence-electron chi connectivity index (χ0n) is 28.9. The molecule has 1 N–H and O–H groups in total. The first-order chi connectivity index (χ1) is 21.5. The van der Waals surface area contributed by atoms with Gasteiger partial charge in [-0.2, -0.15) is 0 Å². The lowest BCUT2D eigenvalue weighted by Gasteiger charge is -2.44. The van der Waals surface area contributed by atoms with Crippen LogP contribution < -0.4 is 5.32 Å². The predicted molar refractivity (Wildman–Crippen MR) is 183 cm³/mol. The molecule has 3 aliphatic carbocycles. The van der Waals surface area contributed by atoms with Crippen LogP contribution in [-0.2, 0) is 20.9 Å². The van der Waals surface area contributed by atoms with Gasteiger partial charge in [0.25, 0.3) is 0 Å². The second-order valence-corrected chi connectivity index (χ2v) is 15.2. The van der Waals surface area contributed by atoms with Crippen molar-refractivity contribution in [3.8, 4) is 0 Å². The minimum Gasteiger partial charge on any atom is -0.460 e. The minimum atomic E-state index is -0.768. The molecule has 45 heavy (non-hydrogen) atoms. The van der Waals surface area contributed by atoms with Crippen molar-refractivity contribution in [2.24, 2.45) is 35.0 Å². The van der Waals surface area contributed by atoms with E-state index in [1.807, 2.05) is 44.2 Å². The number of allylic oxidation sites excluding steroid dienone is 4. The highest BCUT2D eigenvalue weighted by atomic mass is 16.6. The van der Waals surface area contributed by atoms with E-state index >= 15 is 0 Å². The zero-order valence-corrected chi connectivity index (χ0v) is 28.9. The van der Waals surface area contributed by atoms with Crippen LogP contribution in [0.3, 0.4) is 0 Å². The molecule has 3 fully saturated rings. The van der Waals surface area contributed by atoms with Crippen molar-refractivity contribution in [2.75, 3.05) is 0 Å². The summed E-state index contributed by atoms with van der Waals surface area (Å²) in [7, 11) is 0. The van der Waals surface area contributed by atoms with Crippen molar-refractivity contribution in [1.82, 2.24) is 5.32 Å². The lowest BCUT2D eigenvalue weighted by molar-refractivity contribution is -0.153. The van der Waals surface area contributed by atoms with E-state index < -0.39 is 18.1 Å². The first-order valence-corrected chi connectivity index (χ1v) is 17.7. The van der Waals surface area contributed by atoms with Gasteiger partial charge in [0.1, 0.15) is 18.8 Å². The number of benzene rings is 1. The fraction of sp³-hybridized carbons (Fsp3) is 0.650. The molecule has 0 aromatic heterocycles. The third kappa shape index (κ3) is 9.36. The van der Waals surface area contributed by atoms with Gasteiger partial charge in [0, 0.05) is 6.42 Å². The highest BCUT2D eigenvalue weighted by Gasteiger charge is 2.50. The van der Waals surface area contributed by atoms with Crippen LogP contribution in [0.25, 0.3) is 0 Å². The van der Waals surface area contributed by atoms with Gasteiger partial charge < -0.3 is 14.8 Å². The van der Waals surface area contributed by atoms with E-state index in [4.69, 9.17) is 9.47 Å². The normalized spacial score (nSPS) is 28.3. The summed E-state index contributed by atoms with van der Waals surface area (Å²) in [5, 5.41) is 2.74. The quantitative estimate of drug-likeness (QED) is 0.237. The predicted octanol–water partition coefficient (Wildman–Crippen LogP) is 10.1. The monoisotopic (exact) mass is 617 g/mol. The van der Waals surface area contributed by atoms with E-state index in [0.29, 0.717) is 17.8 Å². The van der Waals surface area contributed by atoms with Crippen LogP contribution in [0.5, 0.6) is 0 Å². The smallest absolute Gasteiger partial charge is 0.408 e. The molecular formula is C40H59NO4. The standard InChI is InChI=1S/C40H59NO4/c1-27(2)13-11-14-30(6)35-22-23-36-32(17-12-24-40(35,36)7)19-20-33-25-34(21-18-29(33)5)45-38(42)37(28(3)4)41-39(43)44-26-31-15-9-8-10-16-31/h8-10,15-16,19-20,27-28,30,34-37H,5,11-14,17-18,21-26H2,1-4,6-7H3,(H,41,43)/b32-19+,33-20-/t30-,34+,35-,36+,37+,40-/m1/s1. The third-order valence-corrected chi connectivity index (χ3v) is 11.0. The summed E-state index contributed by atoms with van der Waals surface area (Å²) in [4.78, 5) is 25.8. The van der Waals surface area contributed by atoms with Crippen molar-refractivity contribution in [1.29, 1.82) is 0 Å². The van der Waals surface area contributed by atoms with E-state index in [9.17, 15) is 9.59 Å². The molecule has 5 nitrogen and oxygen atoms in total. The Morgan fingerprint density at radius 1 is 1.02 bits per heavy atom. The van der Waals surface area contributed by atoms with E-state index in [2.05, 4.69) is 51.7 Å². The molecule has 0 bridgehead atoms. The number of rotatable bonds is 12. The molecule has 1 aromatic rings. The molecule has 6 atom stereocenters. The highest BCUT2D eigenvalue weighted by molar-refractivity contribution is 5.81. The van der Waals surface area contributed by atoms with Crippen molar-refractivity contribution in [3.05, 3.63) is 71.3 Å². The van der Waals surface area contributed by atoms with Crippen LogP contribution >= 0.6 is 0 Å². The van der Waals surface area contributed by atoms with Crippen LogP contribution in [0.15, 0.2) is 65.8 Å². The number of carbonyl (C=O) groups is 2. The van der Waals surface area contributed by atoms with Crippen molar-refractivity contribution in [3.63, 3.8) is 0 Å². The van der Waals surface area contributed by atoms with Gasteiger partial charge in [-0.1, -0.05) is 121 Å². The van der Waals surface area contributed by atoms with Gasteiger partial charge in [-0.3, -0.25) is 0 Å². The average Bonchev–Trinajstić information content (AvgIpc) is 3.36. The lowest BCUT2D eigenvalue weighted by atomic mass is 9.60. The number of amides is 1. The Morgan fingerprint density at radius 3 is 2.49 bits per heavy atom. The number of alkyl carbamates (subject to hydrolysis) is 1. The molecular weight excluding hydrogens is 558 g/mol. The maximum absolute atomic E-state index is 13.3. The van der Waals surface area contributed by atoms with Crippen molar-refractivity contribution >= 4 is 12.1 Å². The number of nitrogens with one attached hydrogen (secondary N) is 1. The Balaban J connectivity index is 1.35. The molecule has 0 unspecified atom stereocenters. The van der Waals surface area contributed by atoms with Gasteiger partial charge in [0.15, 0.2) is 0 Å². The number of ether oxygens (including phenoxy) is 2. The average molecular weight is 618 g/mol. The molecule has 5 heteroatoms. The maximum Gasteiger partial charge on any atom is 0.408 e. The molecule has 3 saturated carbocycles. The molecule has 4 rings (SSSR count). The van der Waals surface area contributed by atoms with E-state index in [-0.39, 0.29) is 18.6 Å².